The first-order chi connectivity index (χ1) is 15.7. The Morgan fingerprint density at radius 3 is 2.21 bits per heavy atom. The van der Waals surface area contributed by atoms with E-state index in [1.54, 1.807) is 13.8 Å². The van der Waals surface area contributed by atoms with Gasteiger partial charge in [0.05, 0.1) is 6.04 Å². The predicted molar refractivity (Wildman–Crippen MR) is 126 cm³/mol. The molecule has 5 N–H and O–H groups in total. The molecule has 0 saturated heterocycles. The fourth-order valence-corrected chi connectivity index (χ4v) is 3.18. The molecule has 1 aromatic rings. The number of aldehydes is 1. The summed E-state index contributed by atoms with van der Waals surface area (Å²) in [6.07, 6.45) is 1.33. The molecule has 9 heteroatoms. The quantitative estimate of drug-likeness (QED) is 0.311. The number of hydrogen-bond donors (Lipinski definition) is 4. The molecule has 0 aliphatic heterocycles. The lowest BCUT2D eigenvalue weighted by Crippen LogP contribution is -2.57. The second-order valence-corrected chi connectivity index (χ2v) is 8.80. The van der Waals surface area contributed by atoms with Gasteiger partial charge < -0.3 is 31.2 Å². The van der Waals surface area contributed by atoms with Gasteiger partial charge in [0.2, 0.25) is 11.8 Å². The minimum absolute atomic E-state index is 0.0790. The molecule has 9 nitrogen and oxygen atoms in total. The topological polar surface area (TPSA) is 140 Å². The van der Waals surface area contributed by atoms with Crippen molar-refractivity contribution < 1.29 is 23.9 Å². The van der Waals surface area contributed by atoms with Crippen LogP contribution in [0.2, 0.25) is 0 Å². The largest absolute Gasteiger partial charge is 0.445 e. The molecule has 33 heavy (non-hydrogen) atoms. The summed E-state index contributed by atoms with van der Waals surface area (Å²) < 4.78 is 5.24. The lowest BCUT2D eigenvalue weighted by atomic mass is 9.99. The summed E-state index contributed by atoms with van der Waals surface area (Å²) in [5, 5.41) is 7.99. The molecule has 3 atom stereocenters. The van der Waals surface area contributed by atoms with Crippen LogP contribution >= 0.6 is 0 Å². The maximum absolute atomic E-state index is 13.0. The number of alkyl carbamates (subject to hydrolysis) is 1. The van der Waals surface area contributed by atoms with Gasteiger partial charge in [-0.25, -0.2) is 4.79 Å². The maximum atomic E-state index is 13.0. The third kappa shape index (κ3) is 11.0. The summed E-state index contributed by atoms with van der Waals surface area (Å²) in [7, 11) is 0. The first-order valence-electron chi connectivity index (χ1n) is 11.4. The maximum Gasteiger partial charge on any atom is 0.408 e. The molecule has 0 radical (unpaired) electrons. The zero-order valence-corrected chi connectivity index (χ0v) is 20.0. The lowest BCUT2D eigenvalue weighted by Gasteiger charge is -2.27. The minimum Gasteiger partial charge on any atom is -0.445 e. The molecule has 0 aromatic heterocycles. The highest BCUT2D eigenvalue weighted by Gasteiger charge is 2.30. The summed E-state index contributed by atoms with van der Waals surface area (Å²) in [6, 6.07) is 6.80. The van der Waals surface area contributed by atoms with Crippen LogP contribution in [-0.2, 0) is 25.7 Å². The van der Waals surface area contributed by atoms with Gasteiger partial charge in [-0.05, 0) is 43.2 Å². The summed E-state index contributed by atoms with van der Waals surface area (Å²) in [6.45, 7) is 7.92. The third-order valence-electron chi connectivity index (χ3n) is 4.99. The molecule has 0 aliphatic rings. The number of amides is 3. The van der Waals surface area contributed by atoms with E-state index >= 15 is 0 Å². The number of nitrogens with two attached hydrogens (primary N) is 1. The Kier molecular flexibility index (Phi) is 12.8. The number of benzene rings is 1. The van der Waals surface area contributed by atoms with Crippen molar-refractivity contribution in [1.82, 2.24) is 16.0 Å². The molecule has 0 spiro atoms. The molecular weight excluding hydrogens is 424 g/mol. The van der Waals surface area contributed by atoms with Gasteiger partial charge in [-0.3, -0.25) is 9.59 Å². The normalized spacial score (nSPS) is 13.7. The van der Waals surface area contributed by atoms with Crippen molar-refractivity contribution >= 4 is 24.2 Å². The van der Waals surface area contributed by atoms with Gasteiger partial charge in [0.1, 0.15) is 25.0 Å². The molecular formula is C24H38N4O5. The Hall–Kier alpha value is -2.94. The second-order valence-electron chi connectivity index (χ2n) is 8.80. The van der Waals surface area contributed by atoms with Gasteiger partial charge in [-0.2, -0.15) is 0 Å². The Morgan fingerprint density at radius 2 is 1.67 bits per heavy atom. The lowest BCUT2D eigenvalue weighted by molar-refractivity contribution is -0.132. The van der Waals surface area contributed by atoms with E-state index in [4.69, 9.17) is 10.5 Å². The average molecular weight is 463 g/mol. The van der Waals surface area contributed by atoms with E-state index in [9.17, 15) is 19.2 Å². The van der Waals surface area contributed by atoms with Gasteiger partial charge in [-0.15, -0.1) is 0 Å². The van der Waals surface area contributed by atoms with Crippen molar-refractivity contribution in [2.75, 3.05) is 6.54 Å². The first-order valence-corrected chi connectivity index (χ1v) is 11.4. The highest BCUT2D eigenvalue weighted by molar-refractivity contribution is 5.92. The number of hydrogen-bond acceptors (Lipinski definition) is 6. The van der Waals surface area contributed by atoms with Crippen LogP contribution in [0.3, 0.4) is 0 Å². The van der Waals surface area contributed by atoms with E-state index < -0.39 is 36.0 Å². The molecule has 1 unspecified atom stereocenters. The molecule has 0 saturated carbocycles. The summed E-state index contributed by atoms with van der Waals surface area (Å²) >= 11 is 0. The minimum atomic E-state index is -0.874. The molecule has 3 amide bonds. The van der Waals surface area contributed by atoms with E-state index in [1.807, 2.05) is 44.2 Å². The molecule has 184 valence electrons. The van der Waals surface area contributed by atoms with Gasteiger partial charge >= 0.3 is 6.09 Å². The molecule has 0 aliphatic carbocycles. The molecule has 1 rings (SSSR count). The van der Waals surface area contributed by atoms with Crippen LogP contribution in [0.4, 0.5) is 4.79 Å². The SMILES string of the molecule is CC(C)C[C@H](NC(=O)OCc1ccccc1)C(=O)N[C@H](C(=O)NC(C=O)CCCN)C(C)C. The predicted octanol–water partition coefficient (Wildman–Crippen LogP) is 1.89. The number of carbonyl (C=O) groups is 4. The van der Waals surface area contributed by atoms with Gasteiger partial charge in [0.25, 0.3) is 0 Å². The van der Waals surface area contributed by atoms with Crippen LogP contribution in [0.5, 0.6) is 0 Å². The van der Waals surface area contributed by atoms with E-state index in [1.165, 1.54) is 0 Å². The Balaban J connectivity index is 2.78. The molecule has 0 fully saturated rings. The smallest absolute Gasteiger partial charge is 0.408 e. The summed E-state index contributed by atoms with van der Waals surface area (Å²) in [5.74, 6) is -1.07. The van der Waals surface area contributed by atoms with Crippen molar-refractivity contribution in [3.8, 4) is 0 Å². The van der Waals surface area contributed by atoms with Gasteiger partial charge in [0, 0.05) is 0 Å². The third-order valence-corrected chi connectivity index (χ3v) is 4.99. The molecule has 0 heterocycles. The second kappa shape index (κ2) is 15.0. The van der Waals surface area contributed by atoms with Crippen molar-refractivity contribution in [3.05, 3.63) is 35.9 Å². The average Bonchev–Trinajstić information content (AvgIpc) is 2.78. The monoisotopic (exact) mass is 462 g/mol. The summed E-state index contributed by atoms with van der Waals surface area (Å²) in [5.41, 5.74) is 6.30. The zero-order chi connectivity index (χ0) is 24.8. The highest BCUT2D eigenvalue weighted by Crippen LogP contribution is 2.09. The van der Waals surface area contributed by atoms with Crippen molar-refractivity contribution in [2.45, 2.75) is 71.7 Å². The fraction of sp³-hybridized carbons (Fsp3) is 0.583. The number of carbonyl (C=O) groups excluding carboxylic acids is 4. The van der Waals surface area contributed by atoms with E-state index in [0.717, 1.165) is 5.56 Å². The van der Waals surface area contributed by atoms with Gasteiger partial charge in [-0.1, -0.05) is 58.0 Å². The van der Waals surface area contributed by atoms with Crippen molar-refractivity contribution in [3.63, 3.8) is 0 Å². The van der Waals surface area contributed by atoms with Gasteiger partial charge in [0.15, 0.2) is 0 Å². The molecule has 0 bridgehead atoms. The number of ether oxygens (including phenoxy) is 1. The van der Waals surface area contributed by atoms with Crippen LogP contribution in [0.1, 0.15) is 52.5 Å². The Bertz CT molecular complexity index is 754. The van der Waals surface area contributed by atoms with E-state index in [0.29, 0.717) is 32.1 Å². The van der Waals surface area contributed by atoms with Crippen LogP contribution in [0.25, 0.3) is 0 Å². The van der Waals surface area contributed by atoms with Crippen molar-refractivity contribution in [2.24, 2.45) is 17.6 Å². The van der Waals surface area contributed by atoms with Crippen LogP contribution in [-0.4, -0.2) is 48.9 Å². The standard InChI is InChI=1S/C24H38N4O5/c1-16(2)13-20(27-24(32)33-15-18-9-6-5-7-10-18)22(30)28-21(17(3)4)23(31)26-19(14-29)11-8-12-25/h5-7,9-10,14,16-17,19-21H,8,11-13,15,25H2,1-4H3,(H,26,31)(H,27,32)(H,28,30)/t19?,20-,21-/m0/s1. The summed E-state index contributed by atoms with van der Waals surface area (Å²) in [4.78, 5) is 49.3. The Labute approximate surface area is 196 Å². The van der Waals surface area contributed by atoms with Crippen LogP contribution in [0, 0.1) is 11.8 Å². The first kappa shape index (κ1) is 28.1. The molecule has 1 aromatic carbocycles. The van der Waals surface area contributed by atoms with Crippen molar-refractivity contribution in [1.29, 1.82) is 0 Å². The highest BCUT2D eigenvalue weighted by atomic mass is 16.5. The van der Waals surface area contributed by atoms with Crippen LogP contribution < -0.4 is 21.7 Å². The number of rotatable bonds is 14. The van der Waals surface area contributed by atoms with E-state index in [-0.39, 0.29) is 18.4 Å². The van der Waals surface area contributed by atoms with Crippen LogP contribution in [0.15, 0.2) is 30.3 Å². The van der Waals surface area contributed by atoms with E-state index in [2.05, 4.69) is 16.0 Å². The zero-order valence-electron chi connectivity index (χ0n) is 20.0. The number of nitrogens with one attached hydrogen (secondary N) is 3. The Morgan fingerprint density at radius 1 is 1.00 bits per heavy atom. The fourth-order valence-electron chi connectivity index (χ4n) is 3.18.